The van der Waals surface area contributed by atoms with Crippen LogP contribution < -0.4 is 5.32 Å². The minimum absolute atomic E-state index is 0.149. The molecule has 1 heterocycles. The number of alkyl halides is 3. The van der Waals surface area contributed by atoms with Gasteiger partial charge in [-0.05, 0) is 43.3 Å². The van der Waals surface area contributed by atoms with Crippen LogP contribution in [0, 0.1) is 12.7 Å². The van der Waals surface area contributed by atoms with Gasteiger partial charge in [0.05, 0.1) is 33.7 Å². The molecule has 0 aliphatic heterocycles. The van der Waals surface area contributed by atoms with Gasteiger partial charge in [0, 0.05) is 5.69 Å². The van der Waals surface area contributed by atoms with Gasteiger partial charge in [0.2, 0.25) is 0 Å². The molecule has 0 saturated heterocycles. The fourth-order valence-corrected chi connectivity index (χ4v) is 2.66. The van der Waals surface area contributed by atoms with Crippen LogP contribution in [-0.4, -0.2) is 15.7 Å². The van der Waals surface area contributed by atoms with Crippen LogP contribution in [0.15, 0.2) is 48.7 Å². The van der Waals surface area contributed by atoms with Crippen molar-refractivity contribution in [3.63, 3.8) is 0 Å². The van der Waals surface area contributed by atoms with E-state index < -0.39 is 23.5 Å². The SMILES string of the molecule is Cc1c(C(=O)Nc2ccc(F)c(Cl)c2)cnn1-c1cccc(C(F)(F)F)c1. The molecule has 27 heavy (non-hydrogen) atoms. The summed E-state index contributed by atoms with van der Waals surface area (Å²) in [5, 5.41) is 6.40. The van der Waals surface area contributed by atoms with E-state index in [9.17, 15) is 22.4 Å². The maximum Gasteiger partial charge on any atom is 0.416 e. The second kappa shape index (κ2) is 7.03. The van der Waals surface area contributed by atoms with Crippen LogP contribution in [0.4, 0.5) is 23.2 Å². The lowest BCUT2D eigenvalue weighted by Crippen LogP contribution is -2.13. The van der Waals surface area contributed by atoms with Crippen molar-refractivity contribution >= 4 is 23.2 Å². The molecule has 4 nitrogen and oxygen atoms in total. The highest BCUT2D eigenvalue weighted by atomic mass is 35.5. The first-order valence-corrected chi connectivity index (χ1v) is 8.03. The molecule has 0 atom stereocenters. The zero-order valence-electron chi connectivity index (χ0n) is 13.8. The molecule has 0 unspecified atom stereocenters. The molecular weight excluding hydrogens is 386 g/mol. The van der Waals surface area contributed by atoms with Crippen LogP contribution >= 0.6 is 11.6 Å². The van der Waals surface area contributed by atoms with Gasteiger partial charge < -0.3 is 5.32 Å². The van der Waals surface area contributed by atoms with Crippen LogP contribution in [0.3, 0.4) is 0 Å². The largest absolute Gasteiger partial charge is 0.416 e. The molecule has 0 fully saturated rings. The first-order valence-electron chi connectivity index (χ1n) is 7.65. The molecule has 0 aliphatic rings. The number of aromatic nitrogens is 2. The Labute approximate surface area is 156 Å². The van der Waals surface area contributed by atoms with Crippen molar-refractivity contribution in [1.29, 1.82) is 0 Å². The molecule has 1 aromatic heterocycles. The molecule has 3 aromatic rings. The van der Waals surface area contributed by atoms with Crippen molar-refractivity contribution in [3.05, 3.63) is 76.3 Å². The van der Waals surface area contributed by atoms with Gasteiger partial charge in [-0.15, -0.1) is 0 Å². The first-order chi connectivity index (χ1) is 12.7. The first kappa shape index (κ1) is 18.9. The highest BCUT2D eigenvalue weighted by Gasteiger charge is 2.30. The van der Waals surface area contributed by atoms with Crippen LogP contribution in [0.1, 0.15) is 21.6 Å². The Morgan fingerprint density at radius 2 is 1.93 bits per heavy atom. The van der Waals surface area contributed by atoms with E-state index in [1.165, 1.54) is 35.1 Å². The van der Waals surface area contributed by atoms with Crippen molar-refractivity contribution in [2.45, 2.75) is 13.1 Å². The number of carbonyl (C=O) groups excluding carboxylic acids is 1. The van der Waals surface area contributed by atoms with Gasteiger partial charge in [-0.3, -0.25) is 4.79 Å². The molecule has 0 spiro atoms. The number of nitrogens with one attached hydrogen (secondary N) is 1. The van der Waals surface area contributed by atoms with Gasteiger partial charge in [0.1, 0.15) is 5.82 Å². The molecule has 2 aromatic carbocycles. The molecule has 0 saturated carbocycles. The molecule has 9 heteroatoms. The number of amides is 1. The Morgan fingerprint density at radius 3 is 2.59 bits per heavy atom. The molecular formula is C18H12ClF4N3O. The van der Waals surface area contributed by atoms with E-state index in [-0.39, 0.29) is 22.0 Å². The summed E-state index contributed by atoms with van der Waals surface area (Å²) in [4.78, 5) is 12.4. The lowest BCUT2D eigenvalue weighted by atomic mass is 10.2. The van der Waals surface area contributed by atoms with E-state index in [1.54, 1.807) is 6.92 Å². The zero-order chi connectivity index (χ0) is 19.8. The third-order valence-corrected chi connectivity index (χ3v) is 4.14. The maximum absolute atomic E-state index is 13.2. The van der Waals surface area contributed by atoms with E-state index in [0.717, 1.165) is 18.2 Å². The standard InChI is InChI=1S/C18H12ClF4N3O/c1-10-14(17(27)25-12-5-6-16(20)15(19)8-12)9-24-26(10)13-4-2-3-11(7-13)18(21,22)23/h2-9H,1H3,(H,25,27). The van der Waals surface area contributed by atoms with Gasteiger partial charge in [0.25, 0.3) is 5.91 Å². The van der Waals surface area contributed by atoms with Crippen LogP contribution in [0.2, 0.25) is 5.02 Å². The van der Waals surface area contributed by atoms with Gasteiger partial charge in [-0.1, -0.05) is 17.7 Å². The number of nitrogens with zero attached hydrogens (tertiary/aromatic N) is 2. The molecule has 0 aliphatic carbocycles. The highest BCUT2D eigenvalue weighted by Crippen LogP contribution is 2.30. The van der Waals surface area contributed by atoms with Crippen LogP contribution in [-0.2, 0) is 6.18 Å². The van der Waals surface area contributed by atoms with Gasteiger partial charge in [-0.25, -0.2) is 9.07 Å². The number of anilines is 1. The second-order valence-corrected chi connectivity index (χ2v) is 6.09. The number of benzene rings is 2. The third kappa shape index (κ3) is 3.95. The van der Waals surface area contributed by atoms with Crippen molar-refractivity contribution in [1.82, 2.24) is 9.78 Å². The summed E-state index contributed by atoms with van der Waals surface area (Å²) in [7, 11) is 0. The van der Waals surface area contributed by atoms with Crippen LogP contribution in [0.5, 0.6) is 0 Å². The Hall–Kier alpha value is -2.87. The van der Waals surface area contributed by atoms with Gasteiger partial charge >= 0.3 is 6.18 Å². The molecule has 0 radical (unpaired) electrons. The Balaban J connectivity index is 1.89. The monoisotopic (exact) mass is 397 g/mol. The van der Waals surface area contributed by atoms with E-state index in [0.29, 0.717) is 5.69 Å². The summed E-state index contributed by atoms with van der Waals surface area (Å²) in [6.45, 7) is 1.56. The highest BCUT2D eigenvalue weighted by molar-refractivity contribution is 6.31. The van der Waals surface area contributed by atoms with Gasteiger partial charge in [0.15, 0.2) is 0 Å². The number of rotatable bonds is 3. The van der Waals surface area contributed by atoms with E-state index in [2.05, 4.69) is 10.4 Å². The van der Waals surface area contributed by atoms with Crippen molar-refractivity contribution in [2.24, 2.45) is 0 Å². The Bertz CT molecular complexity index is 1010. The summed E-state index contributed by atoms with van der Waals surface area (Å²) in [6.07, 6.45) is -3.24. The predicted molar refractivity (Wildman–Crippen MR) is 92.7 cm³/mol. The molecule has 3 rings (SSSR count). The summed E-state index contributed by atoms with van der Waals surface area (Å²) in [5.41, 5.74) is 0.138. The number of hydrogen-bond donors (Lipinski definition) is 1. The summed E-state index contributed by atoms with van der Waals surface area (Å²) in [6, 6.07) is 8.32. The third-order valence-electron chi connectivity index (χ3n) is 3.85. The minimum atomic E-state index is -4.49. The van der Waals surface area contributed by atoms with E-state index in [4.69, 9.17) is 11.6 Å². The summed E-state index contributed by atoms with van der Waals surface area (Å²) in [5.74, 6) is -1.17. The zero-order valence-corrected chi connectivity index (χ0v) is 14.6. The van der Waals surface area contributed by atoms with Gasteiger partial charge in [-0.2, -0.15) is 18.3 Å². The number of halogens is 5. The second-order valence-electron chi connectivity index (χ2n) is 5.69. The topological polar surface area (TPSA) is 46.9 Å². The average Bonchev–Trinajstić information content (AvgIpc) is 2.99. The maximum atomic E-state index is 13.2. The van der Waals surface area contributed by atoms with Crippen molar-refractivity contribution in [2.75, 3.05) is 5.32 Å². The lowest BCUT2D eigenvalue weighted by molar-refractivity contribution is -0.137. The summed E-state index contributed by atoms with van der Waals surface area (Å²) >= 11 is 5.68. The Morgan fingerprint density at radius 1 is 1.19 bits per heavy atom. The smallest absolute Gasteiger partial charge is 0.322 e. The minimum Gasteiger partial charge on any atom is -0.322 e. The molecule has 1 N–H and O–H groups in total. The fourth-order valence-electron chi connectivity index (χ4n) is 2.48. The Kier molecular flexibility index (Phi) is 4.93. The number of carbonyl (C=O) groups is 1. The number of hydrogen-bond acceptors (Lipinski definition) is 2. The molecule has 1 amide bonds. The van der Waals surface area contributed by atoms with Crippen LogP contribution in [0.25, 0.3) is 5.69 Å². The molecule has 140 valence electrons. The normalized spacial score (nSPS) is 11.5. The van der Waals surface area contributed by atoms with E-state index >= 15 is 0 Å². The summed E-state index contributed by atoms with van der Waals surface area (Å²) < 4.78 is 53.1. The van der Waals surface area contributed by atoms with E-state index in [1.807, 2.05) is 0 Å². The van der Waals surface area contributed by atoms with Crippen molar-refractivity contribution in [3.8, 4) is 5.69 Å². The quantitative estimate of drug-likeness (QED) is 0.614. The predicted octanol–water partition coefficient (Wildman–Crippen LogP) is 5.24. The molecule has 0 bridgehead atoms. The lowest BCUT2D eigenvalue weighted by Gasteiger charge is -2.10. The van der Waals surface area contributed by atoms with Crippen molar-refractivity contribution < 1.29 is 22.4 Å². The average molecular weight is 398 g/mol. The fraction of sp³-hybridized carbons (Fsp3) is 0.111.